The lowest BCUT2D eigenvalue weighted by Gasteiger charge is -2.31. The van der Waals surface area contributed by atoms with Crippen LogP contribution in [0.3, 0.4) is 0 Å². The van der Waals surface area contributed by atoms with Crippen LogP contribution in [0.15, 0.2) is 30.3 Å². The Bertz CT molecular complexity index is 1240. The van der Waals surface area contributed by atoms with Crippen LogP contribution in [0.25, 0.3) is 11.1 Å². The van der Waals surface area contributed by atoms with E-state index in [1.54, 1.807) is 12.1 Å². The van der Waals surface area contributed by atoms with E-state index in [0.717, 1.165) is 54.9 Å². The van der Waals surface area contributed by atoms with Crippen LogP contribution in [0.2, 0.25) is 0 Å². The molecule has 0 spiro atoms. The van der Waals surface area contributed by atoms with Gasteiger partial charge in [0.05, 0.1) is 12.2 Å². The van der Waals surface area contributed by atoms with Gasteiger partial charge >= 0.3 is 0 Å². The van der Waals surface area contributed by atoms with Gasteiger partial charge in [-0.3, -0.25) is 0 Å². The molecule has 0 saturated heterocycles. The summed E-state index contributed by atoms with van der Waals surface area (Å²) in [6.45, 7) is 8.95. The number of hydrogen-bond donors (Lipinski definition) is 0. The number of aromatic nitrogens is 1. The fourth-order valence-electron chi connectivity index (χ4n) is 5.35. The molecule has 0 radical (unpaired) electrons. The molecule has 0 saturated carbocycles. The van der Waals surface area contributed by atoms with Gasteiger partial charge in [0, 0.05) is 37.0 Å². The maximum atomic E-state index is 14.4. The highest BCUT2D eigenvalue weighted by molar-refractivity contribution is 5.85. The van der Waals surface area contributed by atoms with E-state index in [9.17, 15) is 8.78 Å². The summed E-state index contributed by atoms with van der Waals surface area (Å²) in [5.41, 5.74) is 8.55. The van der Waals surface area contributed by atoms with E-state index in [1.165, 1.54) is 27.8 Å². The number of rotatable bonds is 4. The van der Waals surface area contributed by atoms with Crippen molar-refractivity contribution in [1.82, 2.24) is 4.98 Å². The monoisotopic (exact) mass is 449 g/mol. The SMILES string of the molecule is CCc1c(C)nc2c(c1-c1ccc3c(c1C)N(C)CCO3)CCN2Cc1cccc(F)c1F. The molecule has 1 aromatic heterocycles. The normalized spacial score (nSPS) is 14.8. The smallest absolute Gasteiger partial charge is 0.163 e. The van der Waals surface area contributed by atoms with Crippen LogP contribution in [-0.4, -0.2) is 31.7 Å². The molecule has 2 aliphatic heterocycles. The van der Waals surface area contributed by atoms with Crippen LogP contribution >= 0.6 is 0 Å². The Morgan fingerprint density at radius 2 is 1.91 bits per heavy atom. The van der Waals surface area contributed by atoms with Crippen LogP contribution in [0.5, 0.6) is 5.75 Å². The molecule has 0 atom stereocenters. The molecule has 0 fully saturated rings. The molecule has 3 aromatic rings. The summed E-state index contributed by atoms with van der Waals surface area (Å²) < 4.78 is 34.1. The molecular formula is C27H29F2N3O. The number of likely N-dealkylation sites (N-methyl/N-ethyl adjacent to an activating group) is 1. The molecule has 3 heterocycles. The van der Waals surface area contributed by atoms with Gasteiger partial charge in [0.15, 0.2) is 11.6 Å². The Hall–Kier alpha value is -3.15. The van der Waals surface area contributed by atoms with Gasteiger partial charge in [0.25, 0.3) is 0 Å². The van der Waals surface area contributed by atoms with Crippen molar-refractivity contribution < 1.29 is 13.5 Å². The molecule has 5 rings (SSSR count). The number of benzene rings is 2. The summed E-state index contributed by atoms with van der Waals surface area (Å²) in [6, 6.07) is 8.60. The molecule has 0 bridgehead atoms. The second-order valence-electron chi connectivity index (χ2n) is 8.95. The zero-order valence-electron chi connectivity index (χ0n) is 19.6. The number of pyridine rings is 1. The third kappa shape index (κ3) is 3.52. The van der Waals surface area contributed by atoms with Gasteiger partial charge in [-0.1, -0.05) is 25.1 Å². The average Bonchev–Trinajstić information content (AvgIpc) is 3.18. The van der Waals surface area contributed by atoms with Crippen LogP contribution in [0, 0.1) is 25.5 Å². The molecule has 4 nitrogen and oxygen atoms in total. The number of ether oxygens (including phenoxy) is 1. The van der Waals surface area contributed by atoms with Crippen molar-refractivity contribution in [2.75, 3.05) is 36.5 Å². The van der Waals surface area contributed by atoms with E-state index in [0.29, 0.717) is 18.7 Å². The minimum absolute atomic E-state index is 0.299. The minimum atomic E-state index is -0.811. The molecule has 2 aromatic carbocycles. The van der Waals surface area contributed by atoms with Crippen molar-refractivity contribution >= 4 is 11.5 Å². The minimum Gasteiger partial charge on any atom is -0.490 e. The van der Waals surface area contributed by atoms with E-state index >= 15 is 0 Å². The lowest BCUT2D eigenvalue weighted by molar-refractivity contribution is 0.311. The van der Waals surface area contributed by atoms with Crippen molar-refractivity contribution in [2.24, 2.45) is 0 Å². The van der Waals surface area contributed by atoms with Gasteiger partial charge in [0.2, 0.25) is 0 Å². The Balaban J connectivity index is 1.64. The first-order chi connectivity index (χ1) is 15.9. The molecule has 0 N–H and O–H groups in total. The zero-order chi connectivity index (χ0) is 23.3. The van der Waals surface area contributed by atoms with E-state index in [2.05, 4.69) is 42.8 Å². The molecule has 0 aliphatic carbocycles. The predicted octanol–water partition coefficient (Wildman–Crippen LogP) is 5.60. The van der Waals surface area contributed by atoms with Crippen molar-refractivity contribution in [2.45, 2.75) is 40.2 Å². The summed E-state index contributed by atoms with van der Waals surface area (Å²) in [5, 5.41) is 0. The van der Waals surface area contributed by atoms with Crippen molar-refractivity contribution in [3.05, 3.63) is 69.9 Å². The second-order valence-corrected chi connectivity index (χ2v) is 8.95. The average molecular weight is 450 g/mol. The largest absolute Gasteiger partial charge is 0.490 e. The summed E-state index contributed by atoms with van der Waals surface area (Å²) in [5.74, 6) is 0.217. The topological polar surface area (TPSA) is 28.6 Å². The highest BCUT2D eigenvalue weighted by atomic mass is 19.2. The van der Waals surface area contributed by atoms with Gasteiger partial charge in [-0.25, -0.2) is 13.8 Å². The molecule has 6 heteroatoms. The first-order valence-electron chi connectivity index (χ1n) is 11.6. The van der Waals surface area contributed by atoms with Gasteiger partial charge in [-0.05, 0) is 61.1 Å². The van der Waals surface area contributed by atoms with Gasteiger partial charge < -0.3 is 14.5 Å². The summed E-state index contributed by atoms with van der Waals surface area (Å²) in [4.78, 5) is 9.28. The zero-order valence-corrected chi connectivity index (χ0v) is 19.6. The molecule has 0 unspecified atom stereocenters. The predicted molar refractivity (Wildman–Crippen MR) is 128 cm³/mol. The molecular weight excluding hydrogens is 420 g/mol. The third-order valence-electron chi connectivity index (χ3n) is 6.99. The maximum absolute atomic E-state index is 14.4. The van der Waals surface area contributed by atoms with Crippen LogP contribution in [0.1, 0.15) is 34.9 Å². The van der Waals surface area contributed by atoms with Crippen molar-refractivity contribution in [3.63, 3.8) is 0 Å². The lowest BCUT2D eigenvalue weighted by atomic mass is 9.88. The molecule has 2 aliphatic rings. The Morgan fingerprint density at radius 1 is 1.09 bits per heavy atom. The molecule has 33 heavy (non-hydrogen) atoms. The Kier molecular flexibility index (Phi) is 5.47. The highest BCUT2D eigenvalue weighted by Crippen LogP contribution is 2.45. The quantitative estimate of drug-likeness (QED) is 0.519. The summed E-state index contributed by atoms with van der Waals surface area (Å²) in [7, 11) is 2.11. The Morgan fingerprint density at radius 3 is 2.70 bits per heavy atom. The third-order valence-corrected chi connectivity index (χ3v) is 6.99. The standard InChI is InChI=1S/C27H29F2N3O/c1-5-19-17(3)30-27-21(11-12-32(27)15-18-7-6-8-22(28)25(18)29)24(19)20-9-10-23-26(16(20)2)31(4)13-14-33-23/h6-10H,5,11-15H2,1-4H3. The van der Waals surface area contributed by atoms with E-state index in [1.807, 2.05) is 6.92 Å². The Labute approximate surface area is 193 Å². The highest BCUT2D eigenvalue weighted by Gasteiger charge is 2.30. The number of halogens is 2. The van der Waals surface area contributed by atoms with E-state index in [4.69, 9.17) is 9.72 Å². The number of fused-ring (bicyclic) bond motifs is 2. The van der Waals surface area contributed by atoms with Crippen LogP contribution in [-0.2, 0) is 19.4 Å². The molecule has 172 valence electrons. The van der Waals surface area contributed by atoms with Gasteiger partial charge in [-0.15, -0.1) is 0 Å². The summed E-state index contributed by atoms with van der Waals surface area (Å²) >= 11 is 0. The first-order valence-corrected chi connectivity index (χ1v) is 11.6. The fourth-order valence-corrected chi connectivity index (χ4v) is 5.35. The summed E-state index contributed by atoms with van der Waals surface area (Å²) in [6.07, 6.45) is 1.70. The first kappa shape index (κ1) is 21.7. The number of aryl methyl sites for hydroxylation is 1. The van der Waals surface area contributed by atoms with Crippen LogP contribution < -0.4 is 14.5 Å². The second kappa shape index (κ2) is 8.32. The van der Waals surface area contributed by atoms with Crippen molar-refractivity contribution in [3.8, 4) is 16.9 Å². The van der Waals surface area contributed by atoms with Crippen LogP contribution in [0.4, 0.5) is 20.3 Å². The molecule has 0 amide bonds. The fraction of sp³-hybridized carbons (Fsp3) is 0.370. The number of anilines is 2. The lowest BCUT2D eigenvalue weighted by Crippen LogP contribution is -2.29. The number of hydrogen-bond acceptors (Lipinski definition) is 4. The van der Waals surface area contributed by atoms with Gasteiger partial charge in [-0.2, -0.15) is 0 Å². The van der Waals surface area contributed by atoms with Crippen molar-refractivity contribution in [1.29, 1.82) is 0 Å². The number of nitrogens with zero attached hydrogens (tertiary/aromatic N) is 3. The van der Waals surface area contributed by atoms with E-state index < -0.39 is 11.6 Å². The maximum Gasteiger partial charge on any atom is 0.163 e. The van der Waals surface area contributed by atoms with Gasteiger partial charge in [0.1, 0.15) is 18.2 Å². The van der Waals surface area contributed by atoms with E-state index in [-0.39, 0.29) is 0 Å².